The molecule has 0 saturated heterocycles. The first-order valence-corrected chi connectivity index (χ1v) is 4.79. The van der Waals surface area contributed by atoms with Crippen LogP contribution >= 0.6 is 0 Å². The summed E-state index contributed by atoms with van der Waals surface area (Å²) in [6.45, 7) is 1.57. The van der Waals surface area contributed by atoms with Crippen molar-refractivity contribution in [3.05, 3.63) is 38.3 Å². The Balaban J connectivity index is 2.55. The lowest BCUT2D eigenvalue weighted by Gasteiger charge is -1.95. The van der Waals surface area contributed by atoms with E-state index in [0.29, 0.717) is 16.0 Å². The monoisotopic (exact) mass is 252 g/mol. The minimum Gasteiger partial charge on any atom is -0.358 e. The summed E-state index contributed by atoms with van der Waals surface area (Å²) in [7, 11) is 1.46. The summed E-state index contributed by atoms with van der Waals surface area (Å²) in [6.07, 6.45) is 2.26. The summed E-state index contributed by atoms with van der Waals surface area (Å²) in [5.74, 6) is 0.0607. The average molecular weight is 252 g/mol. The van der Waals surface area contributed by atoms with Crippen molar-refractivity contribution >= 4 is 5.82 Å². The van der Waals surface area contributed by atoms with Gasteiger partial charge in [0.25, 0.3) is 0 Å². The quantitative estimate of drug-likeness (QED) is 0.580. The lowest BCUT2D eigenvalue weighted by atomic mass is 10.2. The molecule has 94 valence electrons. The van der Waals surface area contributed by atoms with Gasteiger partial charge in [-0.05, 0) is 4.92 Å². The number of nitro groups is 2. The second-order valence-corrected chi connectivity index (χ2v) is 3.54. The fourth-order valence-corrected chi connectivity index (χ4v) is 1.57. The summed E-state index contributed by atoms with van der Waals surface area (Å²) in [5.41, 5.74) is 0.748. The summed E-state index contributed by atoms with van der Waals surface area (Å²) in [5, 5.41) is 24.2. The van der Waals surface area contributed by atoms with Crippen LogP contribution in [0.2, 0.25) is 0 Å². The van der Waals surface area contributed by atoms with Crippen molar-refractivity contribution in [2.45, 2.75) is 6.92 Å². The van der Waals surface area contributed by atoms with Gasteiger partial charge in [0, 0.05) is 16.8 Å². The van der Waals surface area contributed by atoms with Gasteiger partial charge in [-0.3, -0.25) is 0 Å². The largest absolute Gasteiger partial charge is 0.358 e. The fourth-order valence-electron chi connectivity index (χ4n) is 1.57. The minimum atomic E-state index is -0.701. The van der Waals surface area contributed by atoms with Crippen molar-refractivity contribution in [2.24, 2.45) is 7.05 Å². The molecule has 0 radical (unpaired) electrons. The Morgan fingerprint density at radius 3 is 2.44 bits per heavy atom. The highest BCUT2D eigenvalue weighted by Crippen LogP contribution is 2.24. The molecule has 18 heavy (non-hydrogen) atoms. The Labute approximate surface area is 99.7 Å². The van der Waals surface area contributed by atoms with Crippen LogP contribution in [0.15, 0.2) is 12.4 Å². The molecule has 0 fully saturated rings. The minimum absolute atomic E-state index is 0.196. The van der Waals surface area contributed by atoms with Crippen LogP contribution in [0.25, 0.3) is 11.4 Å². The average Bonchev–Trinajstić information content (AvgIpc) is 2.81. The summed E-state index contributed by atoms with van der Waals surface area (Å²) in [4.78, 5) is 25.1. The molecule has 0 amide bonds. The molecule has 0 aliphatic carbocycles. The Morgan fingerprint density at radius 1 is 1.33 bits per heavy atom. The van der Waals surface area contributed by atoms with E-state index < -0.39 is 9.96 Å². The Kier molecular flexibility index (Phi) is 2.54. The van der Waals surface area contributed by atoms with Crippen LogP contribution in [-0.2, 0) is 7.05 Å². The summed E-state index contributed by atoms with van der Waals surface area (Å²) >= 11 is 0. The maximum absolute atomic E-state index is 10.7. The molecule has 0 N–H and O–H groups in total. The molecule has 0 aliphatic heterocycles. The van der Waals surface area contributed by atoms with E-state index in [-0.39, 0.29) is 11.6 Å². The number of nitrogens with zero attached hydrogens (tertiary/aromatic N) is 6. The van der Waals surface area contributed by atoms with Crippen LogP contribution in [0.1, 0.15) is 5.69 Å². The Morgan fingerprint density at radius 2 is 2.00 bits per heavy atom. The highest BCUT2D eigenvalue weighted by Gasteiger charge is 2.25. The first-order valence-electron chi connectivity index (χ1n) is 4.79. The number of hydrogen-bond acceptors (Lipinski definition) is 6. The van der Waals surface area contributed by atoms with Gasteiger partial charge < -0.3 is 20.2 Å². The number of aromatic nitrogens is 4. The van der Waals surface area contributed by atoms with Crippen LogP contribution in [0.3, 0.4) is 0 Å². The standard InChI is InChI=1S/C8H8N6O4/c1-5-6(4-12(10-5)14(17)18)8-9-3-7(11(8)2)13(15)16/h3-4H,1-2H3. The molecular weight excluding hydrogens is 244 g/mol. The Bertz CT molecular complexity index is 642. The van der Waals surface area contributed by atoms with Crippen molar-refractivity contribution in [3.8, 4) is 11.4 Å². The van der Waals surface area contributed by atoms with Crippen LogP contribution < -0.4 is 0 Å². The zero-order valence-electron chi connectivity index (χ0n) is 9.47. The summed E-state index contributed by atoms with van der Waals surface area (Å²) < 4.78 is 1.24. The third kappa shape index (κ3) is 1.69. The lowest BCUT2D eigenvalue weighted by Crippen LogP contribution is -2.08. The predicted molar refractivity (Wildman–Crippen MR) is 58.2 cm³/mol. The molecule has 0 saturated carbocycles. The maximum atomic E-state index is 10.7. The molecule has 0 bridgehead atoms. The normalized spacial score (nSPS) is 10.6. The van der Waals surface area contributed by atoms with Crippen molar-refractivity contribution in [2.75, 3.05) is 0 Å². The molecular formula is C8H8N6O4. The van der Waals surface area contributed by atoms with Gasteiger partial charge in [-0.1, -0.05) is 0 Å². The van der Waals surface area contributed by atoms with Gasteiger partial charge >= 0.3 is 5.82 Å². The van der Waals surface area contributed by atoms with Crippen molar-refractivity contribution < 1.29 is 9.96 Å². The van der Waals surface area contributed by atoms with Crippen molar-refractivity contribution in [1.29, 1.82) is 0 Å². The molecule has 2 heterocycles. The van der Waals surface area contributed by atoms with Crippen LogP contribution in [0.5, 0.6) is 0 Å². The molecule has 0 atom stereocenters. The van der Waals surface area contributed by atoms with Crippen molar-refractivity contribution in [3.63, 3.8) is 0 Å². The van der Waals surface area contributed by atoms with Gasteiger partial charge in [-0.25, -0.2) is 9.55 Å². The van der Waals surface area contributed by atoms with Gasteiger partial charge in [-0.15, -0.1) is 0 Å². The first kappa shape index (κ1) is 11.7. The number of imidazole rings is 1. The third-order valence-corrected chi connectivity index (χ3v) is 2.45. The fraction of sp³-hybridized carbons (Fsp3) is 0.250. The Hall–Kier alpha value is -2.78. The molecule has 0 aliphatic rings. The maximum Gasteiger partial charge on any atom is 0.342 e. The second-order valence-electron chi connectivity index (χ2n) is 3.54. The van der Waals surface area contributed by atoms with E-state index in [2.05, 4.69) is 10.1 Å². The van der Waals surface area contributed by atoms with Crippen LogP contribution in [0, 0.1) is 27.2 Å². The van der Waals surface area contributed by atoms with Crippen LogP contribution in [-0.4, -0.2) is 29.4 Å². The predicted octanol–water partition coefficient (Wildman–Crippen LogP) is 0.540. The molecule has 0 unspecified atom stereocenters. The van der Waals surface area contributed by atoms with E-state index in [4.69, 9.17) is 0 Å². The van der Waals surface area contributed by atoms with E-state index in [1.165, 1.54) is 17.8 Å². The molecule has 10 heteroatoms. The van der Waals surface area contributed by atoms with E-state index in [1.54, 1.807) is 6.92 Å². The van der Waals surface area contributed by atoms with E-state index >= 15 is 0 Å². The molecule has 0 spiro atoms. The third-order valence-electron chi connectivity index (χ3n) is 2.45. The van der Waals surface area contributed by atoms with E-state index in [9.17, 15) is 20.2 Å². The van der Waals surface area contributed by atoms with E-state index in [1.807, 2.05) is 0 Å². The van der Waals surface area contributed by atoms with Gasteiger partial charge in [0.15, 0.2) is 5.69 Å². The molecule has 2 rings (SSSR count). The SMILES string of the molecule is Cc1nn([N+](=O)[O-])cc1-c1ncc([N+](=O)[O-])n1C. The zero-order chi connectivity index (χ0) is 13.4. The lowest BCUT2D eigenvalue weighted by molar-refractivity contribution is -0.552. The summed E-state index contributed by atoms with van der Waals surface area (Å²) in [6, 6.07) is 0. The number of aryl methyl sites for hydroxylation is 1. The number of hydrogen-bond donors (Lipinski definition) is 0. The van der Waals surface area contributed by atoms with Gasteiger partial charge in [0.05, 0.1) is 12.1 Å². The van der Waals surface area contributed by atoms with Crippen molar-refractivity contribution in [1.82, 2.24) is 19.4 Å². The first-order chi connectivity index (χ1) is 8.41. The highest BCUT2D eigenvalue weighted by molar-refractivity contribution is 5.59. The smallest absolute Gasteiger partial charge is 0.342 e. The zero-order valence-corrected chi connectivity index (χ0v) is 9.47. The van der Waals surface area contributed by atoms with E-state index in [0.717, 1.165) is 6.20 Å². The second kappa shape index (κ2) is 3.91. The van der Waals surface area contributed by atoms with Gasteiger partial charge in [0.1, 0.15) is 18.0 Å². The highest BCUT2D eigenvalue weighted by atomic mass is 16.7. The molecule has 0 aromatic carbocycles. The van der Waals surface area contributed by atoms with Gasteiger partial charge in [-0.2, -0.15) is 0 Å². The topological polar surface area (TPSA) is 122 Å². The molecule has 10 nitrogen and oxygen atoms in total. The number of rotatable bonds is 3. The molecule has 2 aromatic heterocycles. The van der Waals surface area contributed by atoms with Crippen LogP contribution in [0.4, 0.5) is 5.82 Å². The van der Waals surface area contributed by atoms with Gasteiger partial charge in [0.2, 0.25) is 5.82 Å². The molecule has 2 aromatic rings.